The van der Waals surface area contributed by atoms with Gasteiger partial charge in [-0.05, 0) is 50.4 Å². The second-order valence-corrected chi connectivity index (χ2v) is 6.75. The quantitative estimate of drug-likeness (QED) is 0.807. The first-order chi connectivity index (χ1) is 10.2. The predicted octanol–water partition coefficient (Wildman–Crippen LogP) is 3.51. The minimum atomic E-state index is 0. The van der Waals surface area contributed by atoms with Crippen molar-refractivity contribution in [1.82, 2.24) is 10.2 Å². The Morgan fingerprint density at radius 1 is 1.45 bits per heavy atom. The van der Waals surface area contributed by atoms with Gasteiger partial charge in [0.2, 0.25) is 5.91 Å². The number of carbonyl (C=O) groups excluding carboxylic acids is 1. The van der Waals surface area contributed by atoms with E-state index in [2.05, 4.69) is 39.1 Å². The van der Waals surface area contributed by atoms with Crippen LogP contribution in [0, 0.1) is 11.8 Å². The maximum Gasteiger partial charge on any atom is 0.226 e. The number of rotatable bonds is 6. The average Bonchev–Trinajstić information content (AvgIpc) is 2.95. The molecule has 1 aromatic carbocycles. The van der Waals surface area contributed by atoms with E-state index in [9.17, 15) is 4.79 Å². The van der Waals surface area contributed by atoms with Gasteiger partial charge in [0.25, 0.3) is 0 Å². The van der Waals surface area contributed by atoms with Crippen molar-refractivity contribution in [2.45, 2.75) is 26.2 Å². The molecule has 1 heterocycles. The molecule has 0 aliphatic carbocycles. The second-order valence-electron chi connectivity index (χ2n) is 5.90. The van der Waals surface area contributed by atoms with E-state index in [0.29, 0.717) is 11.8 Å². The molecule has 0 saturated carbocycles. The van der Waals surface area contributed by atoms with Crippen LogP contribution < -0.4 is 5.32 Å². The fourth-order valence-electron chi connectivity index (χ4n) is 3.08. The van der Waals surface area contributed by atoms with Gasteiger partial charge in [-0.15, -0.1) is 12.4 Å². The molecule has 1 aliphatic heterocycles. The van der Waals surface area contributed by atoms with E-state index in [-0.39, 0.29) is 18.3 Å². The highest BCUT2D eigenvalue weighted by atomic mass is 79.9. The Morgan fingerprint density at radius 2 is 2.18 bits per heavy atom. The molecule has 1 amide bonds. The zero-order chi connectivity index (χ0) is 15.2. The molecule has 0 aromatic heterocycles. The molecule has 0 spiro atoms. The Balaban J connectivity index is 0.00000242. The number of nitrogens with one attached hydrogen (secondary N) is 1. The first kappa shape index (κ1) is 19.5. The van der Waals surface area contributed by atoms with Crippen molar-refractivity contribution >= 4 is 34.2 Å². The smallest absolute Gasteiger partial charge is 0.226 e. The van der Waals surface area contributed by atoms with Crippen LogP contribution in [-0.4, -0.2) is 37.5 Å². The summed E-state index contributed by atoms with van der Waals surface area (Å²) in [6.07, 6.45) is 2.84. The summed E-state index contributed by atoms with van der Waals surface area (Å²) in [5, 5.41) is 3.22. The fraction of sp³-hybridized carbons (Fsp3) is 0.588. The number of likely N-dealkylation sites (tertiary alicyclic amines) is 1. The van der Waals surface area contributed by atoms with Crippen molar-refractivity contribution in [3.8, 4) is 0 Å². The van der Waals surface area contributed by atoms with Gasteiger partial charge in [-0.25, -0.2) is 0 Å². The fourth-order valence-corrected chi connectivity index (χ4v) is 3.53. The summed E-state index contributed by atoms with van der Waals surface area (Å²) in [6.45, 7) is 4.94. The standard InChI is InChI=1S/C17H25BrN2O.ClH/c1-3-14(10-15-6-4-5-7-16(15)18)17(21)20-9-8-13(12-20)11-19-2;/h4-7,13-14,19H,3,8-12H2,1-2H3;1H. The second kappa shape index (κ2) is 9.53. The lowest BCUT2D eigenvalue weighted by molar-refractivity contribution is -0.134. The molecule has 1 N–H and O–H groups in total. The molecule has 2 atom stereocenters. The molecule has 1 saturated heterocycles. The highest BCUT2D eigenvalue weighted by Crippen LogP contribution is 2.24. The third-order valence-corrected chi connectivity index (χ3v) is 5.13. The van der Waals surface area contributed by atoms with Crippen molar-refractivity contribution in [3.05, 3.63) is 34.3 Å². The van der Waals surface area contributed by atoms with Crippen LogP contribution in [0.25, 0.3) is 0 Å². The van der Waals surface area contributed by atoms with Gasteiger partial charge in [0.1, 0.15) is 0 Å². The predicted molar refractivity (Wildman–Crippen MR) is 97.5 cm³/mol. The molecule has 2 rings (SSSR count). The van der Waals surface area contributed by atoms with Gasteiger partial charge >= 0.3 is 0 Å². The number of halogens is 2. The monoisotopic (exact) mass is 388 g/mol. The topological polar surface area (TPSA) is 32.3 Å². The van der Waals surface area contributed by atoms with E-state index in [4.69, 9.17) is 0 Å². The van der Waals surface area contributed by atoms with Gasteiger partial charge in [0.15, 0.2) is 0 Å². The van der Waals surface area contributed by atoms with Gasteiger partial charge in [-0.3, -0.25) is 4.79 Å². The van der Waals surface area contributed by atoms with Gasteiger partial charge in [-0.2, -0.15) is 0 Å². The number of hydrogen-bond donors (Lipinski definition) is 1. The molecule has 5 heteroatoms. The SMILES string of the molecule is CCC(Cc1ccccc1Br)C(=O)N1CCC(CNC)C1.Cl. The van der Waals surface area contributed by atoms with Crippen molar-refractivity contribution in [2.24, 2.45) is 11.8 Å². The van der Waals surface area contributed by atoms with Crippen LogP contribution in [0.3, 0.4) is 0 Å². The van der Waals surface area contributed by atoms with E-state index in [1.54, 1.807) is 0 Å². The van der Waals surface area contributed by atoms with Crippen LogP contribution in [0.5, 0.6) is 0 Å². The number of benzene rings is 1. The van der Waals surface area contributed by atoms with Crippen LogP contribution in [-0.2, 0) is 11.2 Å². The highest BCUT2D eigenvalue weighted by Gasteiger charge is 2.30. The Hall–Kier alpha value is -0.580. The van der Waals surface area contributed by atoms with E-state index < -0.39 is 0 Å². The molecule has 124 valence electrons. The molecule has 1 fully saturated rings. The van der Waals surface area contributed by atoms with Crippen LogP contribution in [0.15, 0.2) is 28.7 Å². The summed E-state index contributed by atoms with van der Waals surface area (Å²) in [4.78, 5) is 14.8. The Kier molecular flexibility index (Phi) is 8.44. The molecule has 2 unspecified atom stereocenters. The van der Waals surface area contributed by atoms with Gasteiger partial charge in [0, 0.05) is 23.5 Å². The van der Waals surface area contributed by atoms with Crippen LogP contribution in [0.2, 0.25) is 0 Å². The zero-order valence-corrected chi connectivity index (χ0v) is 15.8. The van der Waals surface area contributed by atoms with Crippen LogP contribution in [0.4, 0.5) is 0 Å². The molecule has 3 nitrogen and oxygen atoms in total. The minimum Gasteiger partial charge on any atom is -0.342 e. The van der Waals surface area contributed by atoms with Gasteiger partial charge in [0.05, 0.1) is 0 Å². The first-order valence-corrected chi connectivity index (χ1v) is 8.61. The normalized spacial score (nSPS) is 18.9. The van der Waals surface area contributed by atoms with Gasteiger partial charge < -0.3 is 10.2 Å². The van der Waals surface area contributed by atoms with Crippen molar-refractivity contribution < 1.29 is 4.79 Å². The Labute approximate surface area is 148 Å². The summed E-state index contributed by atoms with van der Waals surface area (Å²) in [6, 6.07) is 8.20. The van der Waals surface area contributed by atoms with Crippen molar-refractivity contribution in [1.29, 1.82) is 0 Å². The maximum absolute atomic E-state index is 12.7. The molecule has 22 heavy (non-hydrogen) atoms. The largest absolute Gasteiger partial charge is 0.342 e. The van der Waals surface area contributed by atoms with Crippen LogP contribution in [0.1, 0.15) is 25.3 Å². The maximum atomic E-state index is 12.7. The van der Waals surface area contributed by atoms with Gasteiger partial charge in [-0.1, -0.05) is 41.1 Å². The molecule has 1 aliphatic rings. The molecule has 0 radical (unpaired) electrons. The third kappa shape index (κ3) is 4.97. The Bertz CT molecular complexity index is 483. The van der Waals surface area contributed by atoms with E-state index in [0.717, 1.165) is 43.4 Å². The van der Waals surface area contributed by atoms with E-state index >= 15 is 0 Å². The number of amides is 1. The summed E-state index contributed by atoms with van der Waals surface area (Å²) in [5.41, 5.74) is 1.23. The van der Waals surface area contributed by atoms with Crippen molar-refractivity contribution in [2.75, 3.05) is 26.7 Å². The lowest BCUT2D eigenvalue weighted by Gasteiger charge is -2.23. The number of hydrogen-bond acceptors (Lipinski definition) is 2. The molecular weight excluding hydrogens is 364 g/mol. The molecule has 0 bridgehead atoms. The Morgan fingerprint density at radius 3 is 2.82 bits per heavy atom. The third-order valence-electron chi connectivity index (χ3n) is 4.36. The zero-order valence-electron chi connectivity index (χ0n) is 13.3. The number of carbonyl (C=O) groups is 1. The van der Waals surface area contributed by atoms with Crippen molar-refractivity contribution in [3.63, 3.8) is 0 Å². The number of nitrogens with zero attached hydrogens (tertiary/aromatic N) is 1. The lowest BCUT2D eigenvalue weighted by atomic mass is 9.95. The van der Waals surface area contributed by atoms with Crippen LogP contribution >= 0.6 is 28.3 Å². The highest BCUT2D eigenvalue weighted by molar-refractivity contribution is 9.10. The average molecular weight is 390 g/mol. The summed E-state index contributed by atoms with van der Waals surface area (Å²) >= 11 is 3.58. The molecular formula is C17H26BrClN2O. The summed E-state index contributed by atoms with van der Waals surface area (Å²) in [7, 11) is 1.98. The summed E-state index contributed by atoms with van der Waals surface area (Å²) < 4.78 is 1.10. The van der Waals surface area contributed by atoms with E-state index in [1.807, 2.05) is 25.2 Å². The first-order valence-electron chi connectivity index (χ1n) is 7.82. The van der Waals surface area contributed by atoms with E-state index in [1.165, 1.54) is 5.56 Å². The summed E-state index contributed by atoms with van der Waals surface area (Å²) in [5.74, 6) is 1.03. The lowest BCUT2D eigenvalue weighted by Crippen LogP contribution is -2.36. The minimum absolute atomic E-state index is 0. The molecule has 1 aromatic rings.